The summed E-state index contributed by atoms with van der Waals surface area (Å²) >= 11 is 2.79. The van der Waals surface area contributed by atoms with Crippen molar-refractivity contribution < 1.29 is 111 Å². The number of nitrogens with zero attached hydrogens (tertiary/aromatic N) is 13. The zero-order valence-electron chi connectivity index (χ0n) is 73.1. The first kappa shape index (κ1) is 102. The Morgan fingerprint density at radius 3 is 1.20 bits per heavy atom. The van der Waals surface area contributed by atoms with Gasteiger partial charge in [-0.2, -0.15) is 0 Å². The zero-order valence-corrected chi connectivity index (χ0v) is 75.8. The number of carbonyl (C=O) groups excluding carboxylic acids is 5. The number of likely N-dealkylation sites (tertiary alicyclic amines) is 1. The van der Waals surface area contributed by atoms with Crippen LogP contribution in [0, 0.1) is 44.0 Å². The van der Waals surface area contributed by atoms with E-state index in [4.69, 9.17) is 42.6 Å². The molecule has 29 nitrogen and oxygen atoms in total. The number of nitrogens with two attached hydrogens (primary N) is 1. The van der Waals surface area contributed by atoms with Gasteiger partial charge in [0.2, 0.25) is 0 Å². The molecule has 8 aromatic carbocycles. The second kappa shape index (κ2) is 49.8. The van der Waals surface area contributed by atoms with Crippen molar-refractivity contribution in [3.05, 3.63) is 272 Å². The van der Waals surface area contributed by atoms with Gasteiger partial charge < -0.3 is 66.6 Å². The van der Waals surface area contributed by atoms with Crippen molar-refractivity contribution in [2.75, 3.05) is 125 Å². The molecular formula is C91H105F5N17NaO12S2. The second-order valence-corrected chi connectivity index (χ2v) is 30.5. The number of imidazole rings is 3. The normalized spacial score (nSPS) is 13.7. The molecule has 674 valence electrons. The molecule has 17 rings (SSSR count). The molecule has 0 spiro atoms. The van der Waals surface area contributed by atoms with E-state index in [0.717, 1.165) is 114 Å². The van der Waals surface area contributed by atoms with Crippen LogP contribution in [0.1, 0.15) is 115 Å². The van der Waals surface area contributed by atoms with Crippen LogP contribution < -0.4 is 45.9 Å². The summed E-state index contributed by atoms with van der Waals surface area (Å²) in [6.07, 6.45) is 3.35. The average Bonchev–Trinajstić information content (AvgIpc) is 1.80. The third kappa shape index (κ3) is 27.1. The number of aliphatic hydroxyl groups excluding tert-OH is 1. The van der Waals surface area contributed by atoms with E-state index in [1.807, 2.05) is 84.2 Å². The third-order valence-electron chi connectivity index (χ3n) is 20.7. The number of thiazole rings is 2. The quantitative estimate of drug-likeness (QED) is 0.0131. The largest absolute Gasteiger partial charge is 1.00 e. The van der Waals surface area contributed by atoms with Gasteiger partial charge in [-0.3, -0.25) is 51.9 Å². The number of ketones is 2. The zero-order chi connectivity index (χ0) is 92.2. The van der Waals surface area contributed by atoms with Crippen LogP contribution in [0.5, 0.6) is 0 Å². The number of hydrogen-bond donors (Lipinski definition) is 6. The van der Waals surface area contributed by atoms with E-state index in [1.165, 1.54) is 119 Å². The number of aliphatic hydroxyl groups is 1. The van der Waals surface area contributed by atoms with E-state index in [1.54, 1.807) is 111 Å². The molecule has 0 radical (unpaired) electrons. The molecule has 128 heavy (non-hydrogen) atoms. The van der Waals surface area contributed by atoms with E-state index in [2.05, 4.69) is 45.4 Å². The van der Waals surface area contributed by atoms with Gasteiger partial charge >= 0.3 is 35.5 Å². The van der Waals surface area contributed by atoms with Gasteiger partial charge in [0, 0.05) is 188 Å². The van der Waals surface area contributed by atoms with Crippen LogP contribution in [0.4, 0.5) is 39.0 Å². The molecule has 5 aromatic heterocycles. The van der Waals surface area contributed by atoms with Crippen LogP contribution in [-0.2, 0) is 14.2 Å². The van der Waals surface area contributed by atoms with Gasteiger partial charge in [-0.1, -0.05) is 7.43 Å². The van der Waals surface area contributed by atoms with Crippen molar-refractivity contribution in [1.29, 1.82) is 0 Å². The molecule has 8 N–H and O–H groups in total. The first-order valence-electron chi connectivity index (χ1n) is 40.3. The molecule has 0 atom stereocenters. The first-order valence-corrected chi connectivity index (χ1v) is 41.4. The number of rotatable bonds is 16. The van der Waals surface area contributed by atoms with Crippen LogP contribution >= 0.6 is 22.7 Å². The predicted octanol–water partition coefficient (Wildman–Crippen LogP) is 12.5. The smallest absolute Gasteiger partial charge is 0.553 e. The number of anilines is 3. The Morgan fingerprint density at radius 1 is 0.531 bits per heavy atom. The molecule has 4 aliphatic heterocycles. The number of amides is 3. The number of aromatic carboxylic acids is 1. The number of aromatic nitrogens is 8. The van der Waals surface area contributed by atoms with E-state index in [0.29, 0.717) is 87.7 Å². The van der Waals surface area contributed by atoms with Crippen molar-refractivity contribution in [2.24, 2.45) is 0 Å². The summed E-state index contributed by atoms with van der Waals surface area (Å²) in [5.41, 5.74) is 16.9. The molecule has 0 aliphatic carbocycles. The summed E-state index contributed by atoms with van der Waals surface area (Å²) in [5, 5.41) is 34.0. The summed E-state index contributed by atoms with van der Waals surface area (Å²) in [5.74, 6) is 4.11. The van der Waals surface area contributed by atoms with E-state index < -0.39 is 19.1 Å². The number of hydrogen-bond acceptors (Lipinski definition) is 23. The van der Waals surface area contributed by atoms with Gasteiger partial charge in [-0.05, 0) is 211 Å². The number of carboxylic acids is 1. The Labute approximate surface area is 770 Å². The van der Waals surface area contributed by atoms with Crippen molar-refractivity contribution in [3.8, 4) is 17.1 Å². The Hall–Kier alpha value is -11.5. The predicted molar refractivity (Wildman–Crippen MR) is 482 cm³/mol. The number of aryl methyl sites for hydroxylation is 3. The number of methoxy groups -OCH3 is 3. The Kier molecular flexibility index (Phi) is 39.6. The third-order valence-corrected chi connectivity index (χ3v) is 22.2. The monoisotopic (exact) mass is 1810 g/mol. The van der Waals surface area contributed by atoms with Gasteiger partial charge in [0.15, 0.2) is 21.6 Å². The average molecular weight is 1810 g/mol. The summed E-state index contributed by atoms with van der Waals surface area (Å²) in [6, 6.07) is 46.4. The number of carbonyl (C=O) groups is 6. The second-order valence-electron chi connectivity index (χ2n) is 28.7. The minimum atomic E-state index is -1.00. The number of Topliss-reactive ketones (excluding diaryl/α,β-unsaturated/α-hetero) is 2. The fraction of sp³-hybridized carbons (Fsp3) is 0.308. The molecule has 13 aromatic rings. The fourth-order valence-corrected chi connectivity index (χ4v) is 14.9. The van der Waals surface area contributed by atoms with Crippen LogP contribution in [0.15, 0.2) is 193 Å². The van der Waals surface area contributed by atoms with Crippen LogP contribution in [-0.4, -0.2) is 245 Å². The van der Waals surface area contributed by atoms with Crippen molar-refractivity contribution in [2.45, 2.75) is 73.9 Å². The van der Waals surface area contributed by atoms with Gasteiger partial charge in [-0.25, -0.2) is 47.3 Å². The minimum Gasteiger partial charge on any atom is -0.553 e. The van der Waals surface area contributed by atoms with Crippen molar-refractivity contribution >= 4 is 108 Å². The Bertz CT molecular complexity index is 5630. The number of piperazine rings is 2. The number of carboxylic acid groups (broad SMARTS) is 1. The van der Waals surface area contributed by atoms with E-state index >= 15 is 0 Å². The number of benzene rings is 8. The van der Waals surface area contributed by atoms with Gasteiger partial charge in [0.05, 0.1) is 58.6 Å². The number of alkyl halides is 1. The van der Waals surface area contributed by atoms with Crippen molar-refractivity contribution in [1.82, 2.24) is 68.4 Å². The molecular weight excluding hydrogens is 1710 g/mol. The molecule has 4 aliphatic rings. The van der Waals surface area contributed by atoms with E-state index in [-0.39, 0.29) is 102 Å². The van der Waals surface area contributed by atoms with E-state index in [9.17, 15) is 50.7 Å². The fourth-order valence-electron chi connectivity index (χ4n) is 13.7. The molecule has 9 heterocycles. The van der Waals surface area contributed by atoms with Crippen LogP contribution in [0.3, 0.4) is 0 Å². The molecule has 4 saturated heterocycles. The molecule has 4 fully saturated rings. The Balaban J connectivity index is 0.000000216. The molecule has 0 saturated carbocycles. The first-order chi connectivity index (χ1) is 61.0. The van der Waals surface area contributed by atoms with Gasteiger partial charge in [0.25, 0.3) is 23.7 Å². The molecule has 3 amide bonds. The summed E-state index contributed by atoms with van der Waals surface area (Å²) in [6.45, 7) is 22.4. The van der Waals surface area contributed by atoms with Crippen LogP contribution in [0.2, 0.25) is 0 Å². The summed E-state index contributed by atoms with van der Waals surface area (Å²) in [7, 11) is 3.56. The number of halogens is 5. The summed E-state index contributed by atoms with van der Waals surface area (Å²) in [4.78, 5) is 103. The van der Waals surface area contributed by atoms with Gasteiger partial charge in [-0.15, -0.1) is 22.7 Å². The van der Waals surface area contributed by atoms with Gasteiger partial charge in [0.1, 0.15) is 40.7 Å². The summed E-state index contributed by atoms with van der Waals surface area (Å²) < 4.78 is 87.8. The maximum atomic E-state index is 13.4. The molecule has 37 heteroatoms. The van der Waals surface area contributed by atoms with Crippen molar-refractivity contribution in [3.63, 3.8) is 0 Å². The topological polar surface area (TPSA) is 360 Å². The Morgan fingerprint density at radius 2 is 0.867 bits per heavy atom. The maximum Gasteiger partial charge on any atom is 1.00 e. The standard InChI is InChI=1S/C26H25FN6O2S.C16H13FN2O.C15H11FN2O2.C14H13FN2O.C11H16N4OS.C5H12O3.C2H6O.CH3F.CH4.H2NO.Na/c1-17-29-22-14-18(2-7-23(22)33(17)20-5-3-19(27)4-6-20)25(34)32-15-21(16-32)30-9-11-31(12-10-30)26(35)24-28-8-13-36-24;1-10(20)12-3-8-16-15(9-12)18-11(2)19(16)14-6-4-13(17)5-7-14;1-9-17-13-8-10(15(19)20)2-7-14(13)18(9)12-5-3-11(16)4-6-12;1-9(18)10-2-7-14(13(16)8-10)17-12-5-3-11(15)4-6-12;16-11(10-13-1-6-17-10)15-4-2-14(3-5-15)9-7-12-8-9;1-5(6-2,7-3)8-4;1-2-3;1-2;;1-2;/h2-8,13-14,21H,9-12,15-16H2,1H3;3-9H,1-2H3;2-8H,1H3,(H,19,20);2-8,17H,16H2,1H3;1,6,9,12H,2-5,7-8H2;1-4H3;3H,2H2,1H3;1H3;1H4;1-2H;/q;;;;;;;;;-1;+1/i;;;;;;;1D;;;. The number of nitrogen functional groups attached to an aromatic ring is 1. The number of nitrogens with one attached hydrogen (secondary N) is 3. The minimum absolute atomic E-state index is 0. The number of fused-ring (bicyclic) bond motifs is 3. The SMILES string of the molecule is C.CC(=O)c1ccc(Nc2ccc(F)cc2)c(N)c1.CC(=O)c1ccc2c(c1)nc(C)n2-c1ccc(F)cc1.CCO.COC(C)(OC)OC.Cc1nc2cc(C(=O)N3CC(N4CCN(C(=O)c5nccs5)CC4)C3)ccc2n1-c1ccc(F)cc1.Cc1nc2cc(C(=O)O)ccc2n1-c1ccc(F)cc1.O=C(c1nccs1)N1CCN(C2CNC2)CC1.[2H]CF.[NH-]O.[Na+]. The maximum absolute atomic E-state index is 13.4. The van der Waals surface area contributed by atoms with Crippen LogP contribution in [0.25, 0.3) is 56.1 Å². The molecule has 0 unspecified atom stereocenters. The molecule has 0 bridgehead atoms. The number of ether oxygens (including phenoxy) is 3.